The van der Waals surface area contributed by atoms with Crippen LogP contribution in [0.15, 0.2) is 39.4 Å². The number of esters is 1. The molecule has 1 aromatic carbocycles. The van der Waals surface area contributed by atoms with Gasteiger partial charge in [0, 0.05) is 6.54 Å². The van der Waals surface area contributed by atoms with Crippen LogP contribution in [0.25, 0.3) is 0 Å². The van der Waals surface area contributed by atoms with E-state index in [0.29, 0.717) is 21.3 Å². The maximum Gasteiger partial charge on any atom is 0.411 e. The lowest BCUT2D eigenvalue weighted by atomic mass is 10.2. The van der Waals surface area contributed by atoms with Gasteiger partial charge in [-0.1, -0.05) is 30.3 Å². The molecule has 2 rings (SSSR count). The highest BCUT2D eigenvalue weighted by Crippen LogP contribution is 2.34. The molecule has 0 bridgehead atoms. The topological polar surface area (TPSA) is 98.1 Å². The molecule has 1 N–H and O–H groups in total. The molecular weight excluding hydrogens is 548 g/mol. The van der Waals surface area contributed by atoms with Crippen LogP contribution in [0, 0.1) is 0 Å². The van der Waals surface area contributed by atoms with Gasteiger partial charge in [-0.15, -0.1) is 0 Å². The number of amides is 1. The summed E-state index contributed by atoms with van der Waals surface area (Å²) in [5.74, 6) is -1.78. The zero-order valence-corrected chi connectivity index (χ0v) is 21.5. The fourth-order valence-corrected chi connectivity index (χ4v) is 4.12. The van der Waals surface area contributed by atoms with E-state index in [1.165, 1.54) is 0 Å². The summed E-state index contributed by atoms with van der Waals surface area (Å²) in [5.41, 5.74) is 0.455. The first-order valence-electron chi connectivity index (χ1n) is 9.91. The first-order valence-corrected chi connectivity index (χ1v) is 11.5. The van der Waals surface area contributed by atoms with E-state index >= 15 is 0 Å². The van der Waals surface area contributed by atoms with Crippen LogP contribution >= 0.6 is 31.9 Å². The highest BCUT2D eigenvalue weighted by molar-refractivity contribution is 9.13. The van der Waals surface area contributed by atoms with Gasteiger partial charge < -0.3 is 19.1 Å². The standard InChI is InChI=1S/C22H26Br2N2O6/c1-5-31-16(27)13-25(21(30)32-22(2,3)4)12-15-17(20(28)29)18(23)19(24)26(15)11-14-9-7-6-8-10-14/h6-10H,5,11-13H2,1-4H3,(H,28,29). The van der Waals surface area contributed by atoms with Gasteiger partial charge in [0.2, 0.25) is 0 Å². The minimum absolute atomic E-state index is 0.00905. The monoisotopic (exact) mass is 572 g/mol. The summed E-state index contributed by atoms with van der Waals surface area (Å²) >= 11 is 6.80. The van der Waals surface area contributed by atoms with Gasteiger partial charge in [-0.2, -0.15) is 0 Å². The molecule has 0 unspecified atom stereocenters. The first kappa shape index (κ1) is 25.9. The van der Waals surface area contributed by atoms with Crippen LogP contribution in [0.1, 0.15) is 49.3 Å². The van der Waals surface area contributed by atoms with E-state index < -0.39 is 23.6 Å². The number of carboxylic acids is 1. The molecule has 1 heterocycles. The van der Waals surface area contributed by atoms with Crippen molar-refractivity contribution in [1.29, 1.82) is 0 Å². The van der Waals surface area contributed by atoms with Crippen LogP contribution in [-0.2, 0) is 27.4 Å². The summed E-state index contributed by atoms with van der Waals surface area (Å²) in [4.78, 5) is 38.2. The predicted molar refractivity (Wildman–Crippen MR) is 126 cm³/mol. The predicted octanol–water partition coefficient (Wildman–Crippen LogP) is 5.06. The van der Waals surface area contributed by atoms with Crippen LogP contribution < -0.4 is 0 Å². The molecule has 0 atom stereocenters. The van der Waals surface area contributed by atoms with Gasteiger partial charge in [-0.3, -0.25) is 9.69 Å². The van der Waals surface area contributed by atoms with Gasteiger partial charge in [0.15, 0.2) is 0 Å². The van der Waals surface area contributed by atoms with Crippen LogP contribution in [0.2, 0.25) is 0 Å². The van der Waals surface area contributed by atoms with Gasteiger partial charge >= 0.3 is 18.0 Å². The smallest absolute Gasteiger partial charge is 0.411 e. The molecule has 0 aliphatic heterocycles. The lowest BCUT2D eigenvalue weighted by molar-refractivity contribution is -0.144. The average Bonchev–Trinajstić information content (AvgIpc) is 2.91. The molecule has 10 heteroatoms. The molecule has 0 radical (unpaired) electrons. The Labute approximate surface area is 203 Å². The highest BCUT2D eigenvalue weighted by Gasteiger charge is 2.30. The van der Waals surface area contributed by atoms with Crippen molar-refractivity contribution in [2.45, 2.75) is 46.4 Å². The molecule has 1 aromatic heterocycles. The van der Waals surface area contributed by atoms with Gasteiger partial charge in [0.1, 0.15) is 16.7 Å². The minimum Gasteiger partial charge on any atom is -0.478 e. The zero-order chi connectivity index (χ0) is 24.1. The lowest BCUT2D eigenvalue weighted by Crippen LogP contribution is -2.40. The number of aromatic nitrogens is 1. The Bertz CT molecular complexity index is 983. The number of ether oxygens (including phenoxy) is 2. The SMILES string of the molecule is CCOC(=O)CN(Cc1c(C(=O)O)c(Br)c(Br)n1Cc1ccccc1)C(=O)OC(C)(C)C. The second-order valence-corrected chi connectivity index (χ2v) is 9.49. The summed E-state index contributed by atoms with van der Waals surface area (Å²) < 4.78 is 13.0. The molecule has 0 aliphatic carbocycles. The highest BCUT2D eigenvalue weighted by atomic mass is 79.9. The lowest BCUT2D eigenvalue weighted by Gasteiger charge is -2.27. The number of hydrogen-bond donors (Lipinski definition) is 1. The number of hydrogen-bond acceptors (Lipinski definition) is 5. The number of carbonyl (C=O) groups is 3. The van der Waals surface area contributed by atoms with Gasteiger partial charge in [0.05, 0.1) is 28.9 Å². The number of benzene rings is 1. The number of rotatable bonds is 8. The summed E-state index contributed by atoms with van der Waals surface area (Å²) in [6.45, 7) is 6.74. The number of nitrogens with zero attached hydrogens (tertiary/aromatic N) is 2. The van der Waals surface area contributed by atoms with Crippen molar-refractivity contribution in [3.05, 3.63) is 56.2 Å². The Hall–Kier alpha value is -2.33. The molecule has 0 spiro atoms. The van der Waals surface area contributed by atoms with E-state index in [-0.39, 0.29) is 25.3 Å². The second kappa shape index (κ2) is 11.0. The molecule has 0 saturated carbocycles. The maximum atomic E-state index is 12.9. The third-order valence-corrected chi connectivity index (χ3v) is 6.40. The van der Waals surface area contributed by atoms with Crippen molar-refractivity contribution in [2.75, 3.05) is 13.2 Å². The van der Waals surface area contributed by atoms with Crippen molar-refractivity contribution in [3.63, 3.8) is 0 Å². The number of halogens is 2. The van der Waals surface area contributed by atoms with Crippen LogP contribution in [0.5, 0.6) is 0 Å². The van der Waals surface area contributed by atoms with Crippen molar-refractivity contribution in [2.24, 2.45) is 0 Å². The van der Waals surface area contributed by atoms with Crippen LogP contribution in [0.4, 0.5) is 4.79 Å². The summed E-state index contributed by atoms with van der Waals surface area (Å²) in [5, 5.41) is 9.86. The minimum atomic E-state index is -1.17. The summed E-state index contributed by atoms with van der Waals surface area (Å²) in [6, 6.07) is 9.47. The first-order chi connectivity index (χ1) is 14.9. The summed E-state index contributed by atoms with van der Waals surface area (Å²) in [7, 11) is 0. The third-order valence-electron chi connectivity index (χ3n) is 4.27. The Kier molecular flexibility index (Phi) is 8.91. The average molecular weight is 574 g/mol. The van der Waals surface area contributed by atoms with E-state index in [4.69, 9.17) is 9.47 Å². The van der Waals surface area contributed by atoms with Crippen molar-refractivity contribution in [3.8, 4) is 0 Å². The van der Waals surface area contributed by atoms with Crippen LogP contribution in [-0.4, -0.2) is 51.4 Å². The van der Waals surface area contributed by atoms with E-state index in [9.17, 15) is 19.5 Å². The molecule has 0 saturated heterocycles. The molecule has 8 nitrogen and oxygen atoms in total. The maximum absolute atomic E-state index is 12.9. The zero-order valence-electron chi connectivity index (χ0n) is 18.4. The van der Waals surface area contributed by atoms with E-state index in [0.717, 1.165) is 10.5 Å². The molecule has 2 aromatic rings. The largest absolute Gasteiger partial charge is 0.478 e. The molecule has 174 valence electrons. The molecule has 32 heavy (non-hydrogen) atoms. The summed E-state index contributed by atoms with van der Waals surface area (Å²) in [6.07, 6.45) is -0.749. The van der Waals surface area contributed by atoms with Gasteiger partial charge in [-0.05, 0) is 65.1 Å². The quantitative estimate of drug-likeness (QED) is 0.443. The normalized spacial score (nSPS) is 11.2. The number of carbonyl (C=O) groups excluding carboxylic acids is 2. The molecule has 0 aliphatic rings. The number of carboxylic acid groups (broad SMARTS) is 1. The van der Waals surface area contributed by atoms with Crippen molar-refractivity contribution < 1.29 is 29.0 Å². The van der Waals surface area contributed by atoms with Crippen LogP contribution in [0.3, 0.4) is 0 Å². The third kappa shape index (κ3) is 6.83. The fraction of sp³-hybridized carbons (Fsp3) is 0.409. The Morgan fingerprint density at radius 2 is 1.75 bits per heavy atom. The van der Waals surface area contributed by atoms with E-state index in [2.05, 4.69) is 31.9 Å². The molecule has 1 amide bonds. The molecule has 0 fully saturated rings. The van der Waals surface area contributed by atoms with Gasteiger partial charge in [-0.25, -0.2) is 9.59 Å². The second-order valence-electron chi connectivity index (χ2n) is 7.94. The van der Waals surface area contributed by atoms with Gasteiger partial charge in [0.25, 0.3) is 0 Å². The van der Waals surface area contributed by atoms with E-state index in [1.54, 1.807) is 32.3 Å². The van der Waals surface area contributed by atoms with Crippen molar-refractivity contribution >= 4 is 49.9 Å². The number of aromatic carboxylic acids is 1. The van der Waals surface area contributed by atoms with Crippen molar-refractivity contribution in [1.82, 2.24) is 9.47 Å². The molecular formula is C22H26Br2N2O6. The van der Waals surface area contributed by atoms with E-state index in [1.807, 2.05) is 30.3 Å². The Morgan fingerprint density at radius 3 is 2.28 bits per heavy atom. The Morgan fingerprint density at radius 1 is 1.12 bits per heavy atom. The fourth-order valence-electron chi connectivity index (χ4n) is 2.97. The Balaban J connectivity index is 2.52.